The number of thiazole rings is 1. The van der Waals surface area contributed by atoms with Crippen LogP contribution >= 0.6 is 11.3 Å². The molecule has 0 atom stereocenters. The first-order valence-electron chi connectivity index (χ1n) is 7.62. The van der Waals surface area contributed by atoms with E-state index in [1.54, 1.807) is 29.1 Å². The summed E-state index contributed by atoms with van der Waals surface area (Å²) in [6, 6.07) is 10.6. The average molecular weight is 357 g/mol. The molecule has 0 aliphatic rings. The minimum atomic E-state index is -0.299. The molecule has 0 aliphatic carbocycles. The second-order valence-corrected chi connectivity index (χ2v) is 6.03. The van der Waals surface area contributed by atoms with Gasteiger partial charge in [0.05, 0.1) is 11.9 Å². The third-order valence-electron chi connectivity index (χ3n) is 3.44. The van der Waals surface area contributed by atoms with Crippen molar-refractivity contribution in [1.82, 2.24) is 4.68 Å². The Labute approximate surface area is 147 Å². The fourth-order valence-electron chi connectivity index (χ4n) is 2.22. The summed E-state index contributed by atoms with van der Waals surface area (Å²) in [5, 5.41) is 25.3. The zero-order valence-electron chi connectivity index (χ0n) is 13.4. The van der Waals surface area contributed by atoms with E-state index >= 15 is 0 Å². The van der Waals surface area contributed by atoms with Gasteiger partial charge in [0.1, 0.15) is 5.82 Å². The minimum Gasteiger partial charge on any atom is -0.504 e. The Kier molecular flexibility index (Phi) is 4.95. The Morgan fingerprint density at radius 2 is 1.88 bits per heavy atom. The molecule has 25 heavy (non-hydrogen) atoms. The zero-order chi connectivity index (χ0) is 17.8. The summed E-state index contributed by atoms with van der Waals surface area (Å²) < 4.78 is 14.8. The first-order valence-corrected chi connectivity index (χ1v) is 8.49. The quantitative estimate of drug-likeness (QED) is 0.554. The predicted octanol–water partition coefficient (Wildman–Crippen LogP) is 3.57. The maximum Gasteiger partial charge on any atom is 0.206 e. The number of hydrogen-bond acceptors (Lipinski definition) is 5. The molecule has 2 aromatic carbocycles. The molecule has 0 saturated carbocycles. The van der Waals surface area contributed by atoms with Crippen LogP contribution in [0.4, 0.5) is 4.39 Å². The molecule has 0 bridgehead atoms. The number of aromatic nitrogens is 1. The van der Waals surface area contributed by atoms with Gasteiger partial charge in [-0.3, -0.25) is 4.99 Å². The van der Waals surface area contributed by atoms with Gasteiger partial charge in [-0.15, -0.1) is 11.3 Å². The van der Waals surface area contributed by atoms with E-state index in [2.05, 4.69) is 10.1 Å². The number of benzene rings is 2. The molecule has 5 nitrogen and oxygen atoms in total. The Bertz CT molecular complexity index is 975. The second kappa shape index (κ2) is 7.31. The third kappa shape index (κ3) is 3.77. The molecule has 128 valence electrons. The van der Waals surface area contributed by atoms with E-state index in [0.29, 0.717) is 16.9 Å². The molecule has 7 heteroatoms. The Morgan fingerprint density at radius 1 is 1.12 bits per heavy atom. The molecule has 3 rings (SSSR count). The van der Waals surface area contributed by atoms with Crippen LogP contribution in [0.2, 0.25) is 0 Å². The van der Waals surface area contributed by atoms with E-state index in [1.165, 1.54) is 35.6 Å². The van der Waals surface area contributed by atoms with Gasteiger partial charge in [0.15, 0.2) is 11.5 Å². The molecular weight excluding hydrogens is 341 g/mol. The zero-order valence-corrected chi connectivity index (χ0v) is 14.2. The molecular formula is C18H16FN3O2S. The summed E-state index contributed by atoms with van der Waals surface area (Å²) in [7, 11) is 0. The highest BCUT2D eigenvalue weighted by atomic mass is 32.1. The van der Waals surface area contributed by atoms with Gasteiger partial charge in [-0.25, -0.2) is 9.07 Å². The lowest BCUT2D eigenvalue weighted by atomic mass is 10.2. The van der Waals surface area contributed by atoms with Crippen molar-refractivity contribution in [3.05, 3.63) is 64.0 Å². The fourth-order valence-corrected chi connectivity index (χ4v) is 3.12. The van der Waals surface area contributed by atoms with Crippen molar-refractivity contribution in [2.45, 2.75) is 6.92 Å². The monoisotopic (exact) mass is 357 g/mol. The lowest BCUT2D eigenvalue weighted by Gasteiger charge is -2.04. The normalized spacial score (nSPS) is 12.2. The highest BCUT2D eigenvalue weighted by Crippen LogP contribution is 2.24. The maximum atomic E-state index is 13.2. The van der Waals surface area contributed by atoms with Crippen LogP contribution in [-0.2, 0) is 0 Å². The molecule has 0 unspecified atom stereocenters. The van der Waals surface area contributed by atoms with Crippen molar-refractivity contribution in [2.75, 3.05) is 6.54 Å². The van der Waals surface area contributed by atoms with E-state index in [-0.39, 0.29) is 17.3 Å². The number of hydrogen-bond donors (Lipinski definition) is 2. The molecule has 0 aliphatic heterocycles. The molecule has 3 aromatic rings. The molecule has 0 amide bonds. The van der Waals surface area contributed by atoms with E-state index in [1.807, 2.05) is 12.3 Å². The van der Waals surface area contributed by atoms with Gasteiger partial charge >= 0.3 is 0 Å². The molecule has 0 saturated heterocycles. The highest BCUT2D eigenvalue weighted by Gasteiger charge is 2.07. The van der Waals surface area contributed by atoms with Crippen LogP contribution < -0.4 is 4.80 Å². The van der Waals surface area contributed by atoms with Crippen molar-refractivity contribution in [2.24, 2.45) is 10.1 Å². The average Bonchev–Trinajstić information content (AvgIpc) is 3.00. The second-order valence-electron chi connectivity index (χ2n) is 5.19. The largest absolute Gasteiger partial charge is 0.504 e. The number of halogens is 1. The van der Waals surface area contributed by atoms with Crippen LogP contribution in [0.25, 0.3) is 11.3 Å². The van der Waals surface area contributed by atoms with Crippen LogP contribution in [0.5, 0.6) is 11.5 Å². The van der Waals surface area contributed by atoms with Crippen LogP contribution in [0.1, 0.15) is 12.5 Å². The Hall–Kier alpha value is -2.93. The Balaban J connectivity index is 2.05. The Morgan fingerprint density at radius 3 is 2.56 bits per heavy atom. The first kappa shape index (κ1) is 16.9. The van der Waals surface area contributed by atoms with Gasteiger partial charge in [0.25, 0.3) is 0 Å². The van der Waals surface area contributed by atoms with Crippen LogP contribution in [0.3, 0.4) is 0 Å². The van der Waals surface area contributed by atoms with Gasteiger partial charge in [0, 0.05) is 17.5 Å². The van der Waals surface area contributed by atoms with Crippen LogP contribution in [0.15, 0.2) is 57.9 Å². The minimum absolute atomic E-state index is 0.186. The number of rotatable bonds is 4. The molecule has 1 heterocycles. The van der Waals surface area contributed by atoms with Crippen molar-refractivity contribution in [1.29, 1.82) is 0 Å². The van der Waals surface area contributed by atoms with Gasteiger partial charge in [0.2, 0.25) is 4.80 Å². The van der Waals surface area contributed by atoms with E-state index in [0.717, 1.165) is 11.3 Å². The summed E-state index contributed by atoms with van der Waals surface area (Å²) in [5.74, 6) is -0.697. The van der Waals surface area contributed by atoms with Gasteiger partial charge < -0.3 is 10.2 Å². The van der Waals surface area contributed by atoms with Crippen molar-refractivity contribution in [3.63, 3.8) is 0 Å². The number of phenols is 2. The van der Waals surface area contributed by atoms with E-state index in [4.69, 9.17) is 0 Å². The molecule has 0 radical (unpaired) electrons. The summed E-state index contributed by atoms with van der Waals surface area (Å²) in [6.07, 6.45) is 1.56. The molecule has 0 spiro atoms. The summed E-state index contributed by atoms with van der Waals surface area (Å²) in [5.41, 5.74) is 2.24. The summed E-state index contributed by atoms with van der Waals surface area (Å²) in [6.45, 7) is 2.54. The first-order chi connectivity index (χ1) is 12.1. The number of aromatic hydroxyl groups is 2. The van der Waals surface area contributed by atoms with Crippen molar-refractivity contribution >= 4 is 17.6 Å². The van der Waals surface area contributed by atoms with E-state index in [9.17, 15) is 14.6 Å². The molecule has 1 aromatic heterocycles. The van der Waals surface area contributed by atoms with Crippen LogP contribution in [0, 0.1) is 5.82 Å². The topological polar surface area (TPSA) is 70.1 Å². The standard InChI is InChI=1S/C18H16FN3O2S/c1-2-20-18-22(21-10-12-3-8-16(23)17(24)9-12)15(11-25-18)13-4-6-14(19)7-5-13/h3-11,23-24H,2H2,1H3. The van der Waals surface area contributed by atoms with Crippen molar-refractivity contribution < 1.29 is 14.6 Å². The smallest absolute Gasteiger partial charge is 0.206 e. The summed E-state index contributed by atoms with van der Waals surface area (Å²) >= 11 is 1.44. The third-order valence-corrected chi connectivity index (χ3v) is 4.29. The van der Waals surface area contributed by atoms with Gasteiger partial charge in [-0.05, 0) is 55.0 Å². The lowest BCUT2D eigenvalue weighted by Crippen LogP contribution is -2.12. The molecule has 0 fully saturated rings. The number of phenolic OH excluding ortho intramolecular Hbond substituents is 2. The van der Waals surface area contributed by atoms with Gasteiger partial charge in [-0.1, -0.05) is 0 Å². The number of nitrogens with zero attached hydrogens (tertiary/aromatic N) is 3. The maximum absolute atomic E-state index is 13.2. The highest BCUT2D eigenvalue weighted by molar-refractivity contribution is 7.07. The van der Waals surface area contributed by atoms with Crippen LogP contribution in [-0.4, -0.2) is 27.6 Å². The lowest BCUT2D eigenvalue weighted by molar-refractivity contribution is 0.403. The fraction of sp³-hybridized carbons (Fsp3) is 0.111. The summed E-state index contributed by atoms with van der Waals surface area (Å²) in [4.78, 5) is 5.13. The predicted molar refractivity (Wildman–Crippen MR) is 96.6 cm³/mol. The SMILES string of the molecule is CCN=c1scc(-c2ccc(F)cc2)n1N=Cc1ccc(O)c(O)c1. The molecule has 2 N–H and O–H groups in total. The van der Waals surface area contributed by atoms with Crippen molar-refractivity contribution in [3.8, 4) is 22.8 Å². The van der Waals surface area contributed by atoms with E-state index < -0.39 is 0 Å². The van der Waals surface area contributed by atoms with Gasteiger partial charge in [-0.2, -0.15) is 5.10 Å².